The second-order valence-electron chi connectivity index (χ2n) is 13.5. The molecule has 1 aromatic carbocycles. The van der Waals surface area contributed by atoms with Crippen molar-refractivity contribution in [3.05, 3.63) is 23.9 Å². The van der Waals surface area contributed by atoms with Gasteiger partial charge in [0.05, 0.1) is 12.8 Å². The fourth-order valence-electron chi connectivity index (χ4n) is 5.45. The Labute approximate surface area is 292 Å². The molecule has 0 bridgehead atoms. The molecule has 2 aromatic heterocycles. The van der Waals surface area contributed by atoms with Crippen LogP contribution in [-0.2, 0) is 5.41 Å². The largest absolute Gasteiger partial charge is 0.494 e. The highest BCUT2D eigenvalue weighted by Crippen LogP contribution is 2.40. The van der Waals surface area contributed by atoms with E-state index in [2.05, 4.69) is 79.1 Å². The molecule has 0 radical (unpaired) electrons. The van der Waals surface area contributed by atoms with Crippen LogP contribution < -0.4 is 10.5 Å². The molecule has 0 saturated heterocycles. The van der Waals surface area contributed by atoms with Crippen molar-refractivity contribution in [3.63, 3.8) is 0 Å². The molecule has 1 atom stereocenters. The van der Waals surface area contributed by atoms with E-state index in [1.807, 2.05) is 17.8 Å². The quantitative estimate of drug-likeness (QED) is 0.0579. The summed E-state index contributed by atoms with van der Waals surface area (Å²) in [6.45, 7) is 13.0. The van der Waals surface area contributed by atoms with E-state index >= 15 is 0 Å². The number of nitrogen functional groups attached to an aromatic ring is 1. The van der Waals surface area contributed by atoms with Crippen LogP contribution in [-0.4, -0.2) is 43.6 Å². The number of azo groups is 1. The van der Waals surface area contributed by atoms with Gasteiger partial charge in [-0.2, -0.15) is 10.1 Å². The van der Waals surface area contributed by atoms with Crippen molar-refractivity contribution in [2.24, 2.45) is 16.1 Å². The summed E-state index contributed by atoms with van der Waals surface area (Å²) in [5.41, 5.74) is 8.44. The van der Waals surface area contributed by atoms with Crippen LogP contribution in [0.3, 0.4) is 0 Å². The van der Waals surface area contributed by atoms with Gasteiger partial charge in [-0.3, -0.25) is 0 Å². The Bertz CT molecular complexity index is 1350. The van der Waals surface area contributed by atoms with Crippen molar-refractivity contribution >= 4 is 41.0 Å². The second kappa shape index (κ2) is 20.8. The number of nitrogens with zero attached hydrogens (tertiary/aromatic N) is 6. The van der Waals surface area contributed by atoms with Crippen LogP contribution in [0.5, 0.6) is 5.75 Å². The van der Waals surface area contributed by atoms with E-state index in [9.17, 15) is 0 Å². The lowest BCUT2D eigenvalue weighted by Crippen LogP contribution is -2.13. The molecule has 47 heavy (non-hydrogen) atoms. The lowest BCUT2D eigenvalue weighted by molar-refractivity contribution is 0.410. The third-order valence-corrected chi connectivity index (χ3v) is 10.6. The van der Waals surface area contributed by atoms with E-state index in [1.54, 1.807) is 23.6 Å². The molecule has 0 aliphatic heterocycles. The lowest BCUT2D eigenvalue weighted by atomic mass is 9.91. The first-order valence-corrected chi connectivity index (χ1v) is 19.9. The Hall–Kier alpha value is -2.53. The third kappa shape index (κ3) is 12.8. The molecule has 3 N–H and O–H groups in total. The number of H-pyrrole nitrogens is 1. The Kier molecular flexibility index (Phi) is 17.2. The first-order valence-electron chi connectivity index (χ1n) is 17.9. The fourth-order valence-corrected chi connectivity index (χ4v) is 7.44. The lowest BCUT2D eigenvalue weighted by Gasteiger charge is -2.15. The molecular formula is C36H60N8OS2. The summed E-state index contributed by atoms with van der Waals surface area (Å²) in [5, 5.41) is 21.8. The molecule has 0 aliphatic carbocycles. The highest BCUT2D eigenvalue weighted by atomic mass is 32.2. The summed E-state index contributed by atoms with van der Waals surface area (Å²) in [7, 11) is 1.69. The zero-order valence-corrected chi connectivity index (χ0v) is 31.7. The van der Waals surface area contributed by atoms with Crippen LogP contribution in [0.25, 0.3) is 5.69 Å². The van der Waals surface area contributed by atoms with Gasteiger partial charge in [-0.25, -0.2) is 9.78 Å². The maximum Gasteiger partial charge on any atom is 0.265 e. The predicted molar refractivity (Wildman–Crippen MR) is 200 cm³/mol. The van der Waals surface area contributed by atoms with Gasteiger partial charge in [-0.05, 0) is 42.7 Å². The minimum atomic E-state index is -0.318. The van der Waals surface area contributed by atoms with Gasteiger partial charge in [0, 0.05) is 16.1 Å². The Morgan fingerprint density at radius 1 is 0.915 bits per heavy atom. The number of hydrogen-bond donors (Lipinski definition) is 2. The van der Waals surface area contributed by atoms with Crippen LogP contribution in [0.1, 0.15) is 137 Å². The van der Waals surface area contributed by atoms with Crippen LogP contribution in [0.15, 0.2) is 38.5 Å². The molecule has 9 nitrogen and oxygen atoms in total. The van der Waals surface area contributed by atoms with Gasteiger partial charge in [0.2, 0.25) is 5.16 Å². The van der Waals surface area contributed by atoms with Crippen molar-refractivity contribution < 1.29 is 4.74 Å². The molecule has 3 aromatic rings. The number of aromatic nitrogens is 5. The summed E-state index contributed by atoms with van der Waals surface area (Å²) in [5.74, 6) is 4.23. The molecule has 262 valence electrons. The molecule has 0 aliphatic rings. The number of aromatic amines is 1. The summed E-state index contributed by atoms with van der Waals surface area (Å²) >= 11 is 3.54. The second-order valence-corrected chi connectivity index (χ2v) is 15.6. The van der Waals surface area contributed by atoms with Crippen molar-refractivity contribution in [2.45, 2.75) is 147 Å². The third-order valence-electron chi connectivity index (χ3n) is 8.44. The molecule has 2 heterocycles. The van der Waals surface area contributed by atoms with Crippen molar-refractivity contribution in [1.82, 2.24) is 25.0 Å². The molecule has 1 unspecified atom stereocenters. The molecular weight excluding hydrogens is 625 g/mol. The topological polar surface area (TPSA) is 119 Å². The summed E-state index contributed by atoms with van der Waals surface area (Å²) in [6, 6.07) is 6.23. The number of thioether (sulfide) groups is 2. The number of nitrogens with two attached hydrogens (primary N) is 1. The zero-order valence-electron chi connectivity index (χ0n) is 30.1. The van der Waals surface area contributed by atoms with E-state index in [0.717, 1.165) is 35.1 Å². The number of hydrogen-bond acceptors (Lipinski definition) is 9. The summed E-state index contributed by atoms with van der Waals surface area (Å²) in [6.07, 6.45) is 18.4. The highest BCUT2D eigenvalue weighted by molar-refractivity contribution is 7.99. The first kappa shape index (κ1) is 38.9. The number of rotatable bonds is 23. The maximum absolute atomic E-state index is 6.71. The fraction of sp³-hybridized carbons (Fsp3) is 0.694. The number of ether oxygens (including phenoxy) is 1. The summed E-state index contributed by atoms with van der Waals surface area (Å²) < 4.78 is 7.54. The molecule has 0 saturated carbocycles. The zero-order chi connectivity index (χ0) is 34.1. The molecule has 0 spiro atoms. The van der Waals surface area contributed by atoms with Crippen molar-refractivity contribution in [2.75, 3.05) is 24.3 Å². The maximum atomic E-state index is 6.71. The number of unbranched alkanes of at least 4 members (excludes halogenated alkanes) is 10. The van der Waals surface area contributed by atoms with E-state index < -0.39 is 0 Å². The molecule has 11 heteroatoms. The molecule has 0 fully saturated rings. The van der Waals surface area contributed by atoms with Crippen LogP contribution >= 0.6 is 23.5 Å². The number of methoxy groups -OCH3 is 1. The summed E-state index contributed by atoms with van der Waals surface area (Å²) in [4.78, 5) is 5.72. The molecule has 0 amide bonds. The number of benzene rings is 1. The van der Waals surface area contributed by atoms with Gasteiger partial charge in [-0.15, -0.1) is 27.1 Å². The van der Waals surface area contributed by atoms with Gasteiger partial charge < -0.3 is 10.5 Å². The van der Waals surface area contributed by atoms with Gasteiger partial charge in [0.1, 0.15) is 11.4 Å². The number of anilines is 1. The van der Waals surface area contributed by atoms with Crippen LogP contribution in [0.2, 0.25) is 0 Å². The Morgan fingerprint density at radius 2 is 1.60 bits per heavy atom. The minimum absolute atomic E-state index is 0.318. The number of nitrogens with one attached hydrogen (secondary N) is 1. The van der Waals surface area contributed by atoms with E-state index in [4.69, 9.17) is 15.6 Å². The minimum Gasteiger partial charge on any atom is -0.494 e. The van der Waals surface area contributed by atoms with E-state index in [-0.39, 0.29) is 5.41 Å². The smallest absolute Gasteiger partial charge is 0.265 e. The van der Waals surface area contributed by atoms with Gasteiger partial charge >= 0.3 is 0 Å². The van der Waals surface area contributed by atoms with Gasteiger partial charge in [0.25, 0.3) is 5.95 Å². The van der Waals surface area contributed by atoms with Gasteiger partial charge in [-0.1, -0.05) is 130 Å². The van der Waals surface area contributed by atoms with Crippen molar-refractivity contribution in [3.8, 4) is 11.4 Å². The van der Waals surface area contributed by atoms with Gasteiger partial charge in [0.15, 0.2) is 11.5 Å². The van der Waals surface area contributed by atoms with Crippen LogP contribution in [0.4, 0.5) is 17.5 Å². The average Bonchev–Trinajstić information content (AvgIpc) is 3.66. The standard InChI is InChI=1S/C36H60N8OS2/c1-8-11-13-14-15-16-17-18-19-20-24-46-28-22-23-29(30(25-28)45-7)44-33(37)31(32(43-44)36(4,5)6)39-40-34-38-35(42-41-34)47-26-27(10-3)21-12-9-2/h22-23,25,27H,8-21,24,26,37H2,1-7H3,(H,38,41,42). The van der Waals surface area contributed by atoms with Crippen LogP contribution in [0, 0.1) is 5.92 Å². The Morgan fingerprint density at radius 3 is 2.23 bits per heavy atom. The normalized spacial score (nSPS) is 12.7. The average molecular weight is 685 g/mol. The van der Waals surface area contributed by atoms with Crippen molar-refractivity contribution in [1.29, 1.82) is 0 Å². The molecule has 3 rings (SSSR count). The SMILES string of the molecule is CCCCCCCCCCCCSc1ccc(-n2nc(C(C)(C)C)c(N=Nc3nc(SCC(CC)CCCC)n[nH]3)c2N)c(OC)c1. The van der Waals surface area contributed by atoms with E-state index in [1.165, 1.54) is 88.4 Å². The predicted octanol–water partition coefficient (Wildman–Crippen LogP) is 11.6. The van der Waals surface area contributed by atoms with E-state index in [0.29, 0.717) is 28.5 Å². The first-order chi connectivity index (χ1) is 22.7. The highest BCUT2D eigenvalue weighted by Gasteiger charge is 2.28. The Balaban J connectivity index is 1.64. The monoisotopic (exact) mass is 684 g/mol.